The van der Waals surface area contributed by atoms with Crippen LogP contribution in [0.4, 0.5) is 5.69 Å². The summed E-state index contributed by atoms with van der Waals surface area (Å²) in [5.41, 5.74) is 4.59. The van der Waals surface area contributed by atoms with Crippen LogP contribution < -0.4 is 4.90 Å². The van der Waals surface area contributed by atoms with Gasteiger partial charge in [0.15, 0.2) is 0 Å². The summed E-state index contributed by atoms with van der Waals surface area (Å²) < 4.78 is 0. The molecule has 0 radical (unpaired) electrons. The van der Waals surface area contributed by atoms with Gasteiger partial charge in [-0.05, 0) is 30.2 Å². The van der Waals surface area contributed by atoms with E-state index in [-0.39, 0.29) is 0 Å². The lowest BCUT2D eigenvalue weighted by molar-refractivity contribution is 0.524. The summed E-state index contributed by atoms with van der Waals surface area (Å²) in [7, 11) is 0. The molecule has 0 atom stereocenters. The van der Waals surface area contributed by atoms with E-state index >= 15 is 0 Å². The van der Waals surface area contributed by atoms with Gasteiger partial charge in [0.1, 0.15) is 0 Å². The van der Waals surface area contributed by atoms with Crippen LogP contribution in [0.3, 0.4) is 0 Å². The molecule has 0 amide bonds. The monoisotopic (exact) mass is 248 g/mol. The Morgan fingerprint density at radius 1 is 1.11 bits per heavy atom. The first-order valence-corrected chi connectivity index (χ1v) is 6.58. The standard InChI is InChI=1S/C17H16N2/c1-13-7-8-14(10-18)9-17(13)19-11-16(12-19)15-5-3-2-4-6-15/h2-9,16H,11-12H2,1H3. The van der Waals surface area contributed by atoms with Crippen LogP contribution >= 0.6 is 0 Å². The maximum Gasteiger partial charge on any atom is 0.0992 e. The SMILES string of the molecule is Cc1ccc(C#N)cc1N1CC(c2ccccc2)C1. The molecule has 19 heavy (non-hydrogen) atoms. The highest BCUT2D eigenvalue weighted by molar-refractivity contribution is 5.59. The summed E-state index contributed by atoms with van der Waals surface area (Å²) in [4.78, 5) is 2.36. The third-order valence-corrected chi connectivity index (χ3v) is 3.83. The number of hydrogen-bond acceptors (Lipinski definition) is 2. The van der Waals surface area contributed by atoms with Crippen LogP contribution in [0.1, 0.15) is 22.6 Å². The Hall–Kier alpha value is -2.27. The molecule has 94 valence electrons. The van der Waals surface area contributed by atoms with E-state index in [4.69, 9.17) is 5.26 Å². The van der Waals surface area contributed by atoms with Crippen molar-refractivity contribution in [2.75, 3.05) is 18.0 Å². The molecule has 0 spiro atoms. The van der Waals surface area contributed by atoms with E-state index in [2.05, 4.69) is 48.2 Å². The molecule has 0 saturated carbocycles. The lowest BCUT2D eigenvalue weighted by Gasteiger charge is -2.42. The van der Waals surface area contributed by atoms with Crippen molar-refractivity contribution in [3.63, 3.8) is 0 Å². The molecule has 1 aliphatic heterocycles. The zero-order chi connectivity index (χ0) is 13.2. The second kappa shape index (κ2) is 4.78. The normalized spacial score (nSPS) is 14.8. The van der Waals surface area contributed by atoms with E-state index < -0.39 is 0 Å². The number of nitrogens with zero attached hydrogens (tertiary/aromatic N) is 2. The van der Waals surface area contributed by atoms with Gasteiger partial charge in [0, 0.05) is 24.7 Å². The fourth-order valence-electron chi connectivity index (χ4n) is 2.63. The van der Waals surface area contributed by atoms with Crippen molar-refractivity contribution in [3.05, 3.63) is 65.2 Å². The van der Waals surface area contributed by atoms with Crippen LogP contribution in [0.5, 0.6) is 0 Å². The zero-order valence-corrected chi connectivity index (χ0v) is 11.0. The van der Waals surface area contributed by atoms with E-state index in [9.17, 15) is 0 Å². The highest BCUT2D eigenvalue weighted by Gasteiger charge is 2.28. The molecule has 2 aromatic rings. The molecule has 0 unspecified atom stereocenters. The van der Waals surface area contributed by atoms with Crippen molar-refractivity contribution in [3.8, 4) is 6.07 Å². The third kappa shape index (κ3) is 2.20. The predicted molar refractivity (Wildman–Crippen MR) is 77.3 cm³/mol. The smallest absolute Gasteiger partial charge is 0.0992 e. The maximum absolute atomic E-state index is 8.99. The predicted octanol–water partition coefficient (Wildman–Crippen LogP) is 3.47. The Morgan fingerprint density at radius 3 is 2.53 bits per heavy atom. The lowest BCUT2D eigenvalue weighted by Crippen LogP contribution is -2.45. The fourth-order valence-corrected chi connectivity index (χ4v) is 2.63. The molecular formula is C17H16N2. The summed E-state index contributed by atoms with van der Waals surface area (Å²) in [5, 5.41) is 8.99. The number of hydrogen-bond donors (Lipinski definition) is 0. The van der Waals surface area contributed by atoms with Crippen LogP contribution in [0.25, 0.3) is 0 Å². The van der Waals surface area contributed by atoms with Crippen molar-refractivity contribution in [1.82, 2.24) is 0 Å². The van der Waals surface area contributed by atoms with Gasteiger partial charge >= 0.3 is 0 Å². The van der Waals surface area contributed by atoms with Gasteiger partial charge in [-0.15, -0.1) is 0 Å². The highest BCUT2D eigenvalue weighted by atomic mass is 15.2. The maximum atomic E-state index is 8.99. The summed E-state index contributed by atoms with van der Waals surface area (Å²) in [6.45, 7) is 4.19. The average Bonchev–Trinajstić information content (AvgIpc) is 2.40. The van der Waals surface area contributed by atoms with Crippen LogP contribution in [0.2, 0.25) is 0 Å². The van der Waals surface area contributed by atoms with Gasteiger partial charge in [0.05, 0.1) is 11.6 Å². The van der Waals surface area contributed by atoms with Crippen LogP contribution in [-0.4, -0.2) is 13.1 Å². The largest absolute Gasteiger partial charge is 0.370 e. The summed E-state index contributed by atoms with van der Waals surface area (Å²) in [6.07, 6.45) is 0. The van der Waals surface area contributed by atoms with Crippen LogP contribution in [-0.2, 0) is 0 Å². The first-order chi connectivity index (χ1) is 9.28. The van der Waals surface area contributed by atoms with E-state index in [0.29, 0.717) is 5.92 Å². The van der Waals surface area contributed by atoms with Gasteiger partial charge in [0.25, 0.3) is 0 Å². The van der Waals surface area contributed by atoms with Gasteiger partial charge in [0.2, 0.25) is 0 Å². The second-order valence-corrected chi connectivity index (χ2v) is 5.13. The lowest BCUT2D eigenvalue weighted by atomic mass is 9.90. The van der Waals surface area contributed by atoms with Crippen molar-refractivity contribution in [1.29, 1.82) is 5.26 Å². The molecule has 2 heteroatoms. The minimum atomic E-state index is 0.617. The molecule has 2 aromatic carbocycles. The molecule has 1 fully saturated rings. The molecule has 1 aliphatic rings. The third-order valence-electron chi connectivity index (χ3n) is 3.83. The average molecular weight is 248 g/mol. The van der Waals surface area contributed by atoms with E-state index in [1.165, 1.54) is 16.8 Å². The first kappa shape index (κ1) is 11.8. The molecule has 0 N–H and O–H groups in total. The Morgan fingerprint density at radius 2 is 1.84 bits per heavy atom. The van der Waals surface area contributed by atoms with E-state index in [0.717, 1.165) is 18.7 Å². The number of nitriles is 1. The number of benzene rings is 2. The Bertz CT molecular complexity index is 619. The molecular weight excluding hydrogens is 232 g/mol. The first-order valence-electron chi connectivity index (χ1n) is 6.58. The highest BCUT2D eigenvalue weighted by Crippen LogP contribution is 2.33. The number of aryl methyl sites for hydroxylation is 1. The van der Waals surface area contributed by atoms with Gasteiger partial charge in [-0.2, -0.15) is 5.26 Å². The van der Waals surface area contributed by atoms with Crippen molar-refractivity contribution in [2.24, 2.45) is 0 Å². The Kier molecular flexibility index (Phi) is 2.97. The quantitative estimate of drug-likeness (QED) is 0.813. The van der Waals surface area contributed by atoms with Gasteiger partial charge < -0.3 is 4.90 Å². The van der Waals surface area contributed by atoms with Crippen LogP contribution in [0.15, 0.2) is 48.5 Å². The van der Waals surface area contributed by atoms with E-state index in [1.54, 1.807) is 0 Å². The van der Waals surface area contributed by atoms with Gasteiger partial charge in [-0.25, -0.2) is 0 Å². The molecule has 3 rings (SSSR count). The minimum absolute atomic E-state index is 0.617. The molecule has 2 nitrogen and oxygen atoms in total. The van der Waals surface area contributed by atoms with Crippen molar-refractivity contribution >= 4 is 5.69 Å². The topological polar surface area (TPSA) is 27.0 Å². The Balaban J connectivity index is 1.76. The van der Waals surface area contributed by atoms with Crippen molar-refractivity contribution in [2.45, 2.75) is 12.8 Å². The number of rotatable bonds is 2. The van der Waals surface area contributed by atoms with Gasteiger partial charge in [-0.3, -0.25) is 0 Å². The summed E-state index contributed by atoms with van der Waals surface area (Å²) in [5.74, 6) is 0.617. The van der Waals surface area contributed by atoms with E-state index in [1.807, 2.05) is 18.2 Å². The molecule has 1 heterocycles. The zero-order valence-electron chi connectivity index (χ0n) is 11.0. The molecule has 1 saturated heterocycles. The second-order valence-electron chi connectivity index (χ2n) is 5.13. The molecule has 0 bridgehead atoms. The van der Waals surface area contributed by atoms with Gasteiger partial charge in [-0.1, -0.05) is 36.4 Å². The Labute approximate surface area is 113 Å². The van der Waals surface area contributed by atoms with Crippen molar-refractivity contribution < 1.29 is 0 Å². The molecule has 0 aliphatic carbocycles. The fraction of sp³-hybridized carbons (Fsp3) is 0.235. The summed E-state index contributed by atoms with van der Waals surface area (Å²) in [6, 6.07) is 18.8. The minimum Gasteiger partial charge on any atom is -0.370 e. The summed E-state index contributed by atoms with van der Waals surface area (Å²) >= 11 is 0. The number of anilines is 1. The van der Waals surface area contributed by atoms with Crippen LogP contribution in [0, 0.1) is 18.3 Å². The molecule has 0 aromatic heterocycles.